The van der Waals surface area contributed by atoms with Crippen molar-refractivity contribution in [3.63, 3.8) is 0 Å². The number of rotatable bonds is 5. The lowest BCUT2D eigenvalue weighted by atomic mass is 9.94. The molecule has 1 saturated heterocycles. The van der Waals surface area contributed by atoms with Crippen LogP contribution in [0.2, 0.25) is 0 Å². The van der Waals surface area contributed by atoms with Crippen molar-refractivity contribution >= 4 is 18.0 Å². The van der Waals surface area contributed by atoms with E-state index in [1.54, 1.807) is 11.8 Å². The molecule has 0 spiro atoms. The van der Waals surface area contributed by atoms with Crippen molar-refractivity contribution in [2.45, 2.75) is 19.4 Å². The van der Waals surface area contributed by atoms with Gasteiger partial charge in [-0.1, -0.05) is 0 Å². The zero-order valence-corrected chi connectivity index (χ0v) is 11.6. The third-order valence-electron chi connectivity index (χ3n) is 3.05. The van der Waals surface area contributed by atoms with Crippen LogP contribution in [0.25, 0.3) is 0 Å². The molecule has 0 radical (unpaired) electrons. The number of piperidine rings is 1. The van der Waals surface area contributed by atoms with E-state index in [1.165, 1.54) is 7.11 Å². The number of hydrogen-bond donors (Lipinski definition) is 2. The van der Waals surface area contributed by atoms with E-state index in [2.05, 4.69) is 10.1 Å². The van der Waals surface area contributed by atoms with Crippen LogP contribution in [-0.2, 0) is 19.1 Å². The highest BCUT2D eigenvalue weighted by molar-refractivity contribution is 5.73. The van der Waals surface area contributed by atoms with Crippen LogP contribution in [0.15, 0.2) is 0 Å². The molecule has 0 saturated carbocycles. The minimum Gasteiger partial charge on any atom is -0.481 e. The highest BCUT2D eigenvalue weighted by Crippen LogP contribution is 2.17. The van der Waals surface area contributed by atoms with Crippen LogP contribution in [0.1, 0.15) is 13.3 Å². The quantitative estimate of drug-likeness (QED) is 0.668. The van der Waals surface area contributed by atoms with Gasteiger partial charge in [-0.05, 0) is 13.3 Å². The zero-order valence-electron chi connectivity index (χ0n) is 11.6. The van der Waals surface area contributed by atoms with Crippen LogP contribution in [0.4, 0.5) is 4.79 Å². The molecule has 0 aromatic carbocycles. The van der Waals surface area contributed by atoms with Crippen LogP contribution in [0, 0.1) is 5.92 Å². The summed E-state index contributed by atoms with van der Waals surface area (Å²) in [7, 11) is 1.27. The topological polar surface area (TPSA) is 105 Å². The third kappa shape index (κ3) is 5.04. The van der Waals surface area contributed by atoms with Crippen molar-refractivity contribution in [3.05, 3.63) is 0 Å². The Morgan fingerprint density at radius 3 is 2.60 bits per heavy atom. The van der Waals surface area contributed by atoms with Gasteiger partial charge < -0.3 is 19.9 Å². The molecule has 1 aliphatic heterocycles. The number of amides is 1. The molecular weight excluding hydrogens is 268 g/mol. The SMILES string of the molecule is CCOC(=O)NC1CC(C(=O)O)CN(CC(=O)OC)C1. The van der Waals surface area contributed by atoms with Gasteiger partial charge in [0.1, 0.15) is 0 Å². The van der Waals surface area contributed by atoms with Crippen LogP contribution >= 0.6 is 0 Å². The number of ether oxygens (including phenoxy) is 2. The van der Waals surface area contributed by atoms with Gasteiger partial charge in [0.15, 0.2) is 0 Å². The fraction of sp³-hybridized carbons (Fsp3) is 0.750. The summed E-state index contributed by atoms with van der Waals surface area (Å²) < 4.78 is 9.33. The highest BCUT2D eigenvalue weighted by atomic mass is 16.5. The fourth-order valence-electron chi connectivity index (χ4n) is 2.19. The van der Waals surface area contributed by atoms with Gasteiger partial charge in [-0.15, -0.1) is 0 Å². The van der Waals surface area contributed by atoms with Crippen LogP contribution in [0.5, 0.6) is 0 Å². The summed E-state index contributed by atoms with van der Waals surface area (Å²) in [5.74, 6) is -2.03. The van der Waals surface area contributed by atoms with Gasteiger partial charge in [0.05, 0.1) is 26.2 Å². The first kappa shape index (κ1) is 16.2. The lowest BCUT2D eigenvalue weighted by Crippen LogP contribution is -2.53. The van der Waals surface area contributed by atoms with Crippen molar-refractivity contribution < 1.29 is 29.0 Å². The summed E-state index contributed by atoms with van der Waals surface area (Å²) in [6, 6.07) is -0.367. The molecular formula is C12H20N2O6. The number of likely N-dealkylation sites (tertiary alicyclic amines) is 1. The van der Waals surface area contributed by atoms with Crippen molar-refractivity contribution in [2.24, 2.45) is 5.92 Å². The number of hydrogen-bond acceptors (Lipinski definition) is 6. The van der Waals surface area contributed by atoms with E-state index in [9.17, 15) is 14.4 Å². The molecule has 1 fully saturated rings. The van der Waals surface area contributed by atoms with Gasteiger partial charge >= 0.3 is 18.0 Å². The Morgan fingerprint density at radius 2 is 2.05 bits per heavy atom. The second-order valence-corrected chi connectivity index (χ2v) is 4.60. The Kier molecular flexibility index (Phi) is 6.23. The van der Waals surface area contributed by atoms with Gasteiger partial charge in [0, 0.05) is 19.1 Å². The molecule has 1 heterocycles. The van der Waals surface area contributed by atoms with E-state index in [4.69, 9.17) is 9.84 Å². The molecule has 2 atom stereocenters. The van der Waals surface area contributed by atoms with Crippen LogP contribution < -0.4 is 5.32 Å². The Morgan fingerprint density at radius 1 is 1.35 bits per heavy atom. The third-order valence-corrected chi connectivity index (χ3v) is 3.05. The zero-order chi connectivity index (χ0) is 15.1. The number of methoxy groups -OCH3 is 1. The first-order valence-electron chi connectivity index (χ1n) is 6.41. The van der Waals surface area contributed by atoms with Gasteiger partial charge in [0.25, 0.3) is 0 Å². The number of esters is 1. The highest BCUT2D eigenvalue weighted by Gasteiger charge is 2.33. The lowest BCUT2D eigenvalue weighted by molar-refractivity contribution is -0.147. The smallest absolute Gasteiger partial charge is 0.407 e. The number of nitrogens with one attached hydrogen (secondary N) is 1. The molecule has 0 aromatic rings. The average molecular weight is 288 g/mol. The summed E-state index contributed by atoms with van der Waals surface area (Å²) in [5, 5.41) is 11.7. The number of carbonyl (C=O) groups is 3. The summed E-state index contributed by atoms with van der Waals surface area (Å²) >= 11 is 0. The summed E-state index contributed by atoms with van der Waals surface area (Å²) in [4.78, 5) is 35.4. The standard InChI is InChI=1S/C12H20N2O6/c1-3-20-12(18)13-9-4-8(11(16)17)5-14(6-9)7-10(15)19-2/h8-9H,3-7H2,1-2H3,(H,13,18)(H,16,17). The first-order chi connectivity index (χ1) is 9.46. The van der Waals surface area contributed by atoms with E-state index in [0.29, 0.717) is 13.0 Å². The maximum atomic E-state index is 11.4. The fourth-order valence-corrected chi connectivity index (χ4v) is 2.19. The monoisotopic (exact) mass is 288 g/mol. The van der Waals surface area contributed by atoms with E-state index >= 15 is 0 Å². The minimum absolute atomic E-state index is 0.00128. The van der Waals surface area contributed by atoms with E-state index in [0.717, 1.165) is 0 Å². The largest absolute Gasteiger partial charge is 0.481 e. The number of alkyl carbamates (subject to hydrolysis) is 1. The molecule has 1 amide bonds. The van der Waals surface area contributed by atoms with E-state index < -0.39 is 23.9 Å². The first-order valence-corrected chi connectivity index (χ1v) is 6.41. The van der Waals surface area contributed by atoms with Gasteiger partial charge in [-0.25, -0.2) is 4.79 Å². The number of nitrogens with zero attached hydrogens (tertiary/aromatic N) is 1. The van der Waals surface area contributed by atoms with Crippen molar-refractivity contribution in [1.29, 1.82) is 0 Å². The molecule has 0 aliphatic carbocycles. The Hall–Kier alpha value is -1.83. The second kappa shape index (κ2) is 7.68. The molecule has 114 valence electrons. The number of carboxylic acid groups (broad SMARTS) is 1. The molecule has 8 heteroatoms. The van der Waals surface area contributed by atoms with Crippen molar-refractivity contribution in [1.82, 2.24) is 10.2 Å². The predicted octanol–water partition coefficient (Wildman–Crippen LogP) is -0.319. The number of carbonyl (C=O) groups excluding carboxylic acids is 2. The maximum Gasteiger partial charge on any atom is 0.407 e. The normalized spacial score (nSPS) is 22.9. The van der Waals surface area contributed by atoms with Gasteiger partial charge in [0.2, 0.25) is 0 Å². The Balaban J connectivity index is 2.62. The average Bonchev–Trinajstić information content (AvgIpc) is 2.38. The van der Waals surface area contributed by atoms with Gasteiger partial charge in [-0.2, -0.15) is 0 Å². The summed E-state index contributed by atoms with van der Waals surface area (Å²) in [5.41, 5.74) is 0. The Bertz CT molecular complexity index is 373. The van der Waals surface area contributed by atoms with Crippen LogP contribution in [-0.4, -0.2) is 67.4 Å². The predicted molar refractivity (Wildman–Crippen MR) is 68.1 cm³/mol. The molecule has 1 rings (SSSR count). The number of aliphatic carboxylic acids is 1. The molecule has 2 N–H and O–H groups in total. The number of carboxylic acids is 1. The van der Waals surface area contributed by atoms with E-state index in [1.807, 2.05) is 0 Å². The van der Waals surface area contributed by atoms with Crippen LogP contribution in [0.3, 0.4) is 0 Å². The molecule has 0 bridgehead atoms. The van der Waals surface area contributed by atoms with E-state index in [-0.39, 0.29) is 25.7 Å². The maximum absolute atomic E-state index is 11.4. The molecule has 20 heavy (non-hydrogen) atoms. The minimum atomic E-state index is -0.949. The summed E-state index contributed by atoms with van der Waals surface area (Å²) in [6.45, 7) is 2.57. The molecule has 8 nitrogen and oxygen atoms in total. The second-order valence-electron chi connectivity index (χ2n) is 4.60. The van der Waals surface area contributed by atoms with Crippen molar-refractivity contribution in [3.8, 4) is 0 Å². The van der Waals surface area contributed by atoms with Crippen molar-refractivity contribution in [2.75, 3.05) is 33.4 Å². The van der Waals surface area contributed by atoms with Gasteiger partial charge in [-0.3, -0.25) is 14.5 Å². The lowest BCUT2D eigenvalue weighted by Gasteiger charge is -2.35. The molecule has 2 unspecified atom stereocenters. The molecule has 1 aliphatic rings. The molecule has 0 aromatic heterocycles. The summed E-state index contributed by atoms with van der Waals surface area (Å²) in [6.07, 6.45) is -0.271. The Labute approximate surface area is 117 Å².